The van der Waals surface area contributed by atoms with Gasteiger partial charge >= 0.3 is 11.9 Å². The lowest BCUT2D eigenvalue weighted by atomic mass is 10.0. The number of benzene rings is 3. The maximum absolute atomic E-state index is 12.0. The molecule has 0 amide bonds. The van der Waals surface area contributed by atoms with Gasteiger partial charge in [-0.25, -0.2) is 9.59 Å². The Hall–Kier alpha value is -4.80. The van der Waals surface area contributed by atoms with E-state index in [-0.39, 0.29) is 37.9 Å². The largest absolute Gasteiger partial charge is 0.489 e. The first-order chi connectivity index (χ1) is 19.5. The fraction of sp³-hybridized carbons (Fsp3) is 0.200. The summed E-state index contributed by atoms with van der Waals surface area (Å²) in [6.45, 7) is -0.837. The minimum absolute atomic E-state index is 0.0431. The van der Waals surface area contributed by atoms with E-state index in [9.17, 15) is 19.8 Å². The summed E-state index contributed by atoms with van der Waals surface area (Å²) in [4.78, 5) is 24.0. The van der Waals surface area contributed by atoms with Crippen LogP contribution in [-0.2, 0) is 9.47 Å². The number of carbonyl (C=O) groups is 2. The average Bonchev–Trinajstić information content (AvgIpc) is 3.72. The van der Waals surface area contributed by atoms with E-state index in [1.165, 1.54) is 24.7 Å². The molecule has 0 saturated heterocycles. The molecule has 2 N–H and O–H groups in total. The maximum atomic E-state index is 12.0. The van der Waals surface area contributed by atoms with Crippen LogP contribution in [0.5, 0.6) is 11.5 Å². The van der Waals surface area contributed by atoms with Crippen molar-refractivity contribution >= 4 is 33.5 Å². The number of rotatable bonds is 12. The van der Waals surface area contributed by atoms with Gasteiger partial charge in [0.2, 0.25) is 11.5 Å². The van der Waals surface area contributed by atoms with Crippen LogP contribution >= 0.6 is 0 Å². The molecule has 0 spiro atoms. The van der Waals surface area contributed by atoms with Crippen LogP contribution in [0, 0.1) is 0 Å². The summed E-state index contributed by atoms with van der Waals surface area (Å²) in [6, 6.07) is 20.9. The molecule has 10 nitrogen and oxygen atoms in total. The predicted octanol–water partition coefficient (Wildman–Crippen LogP) is 4.37. The molecule has 0 aliphatic carbocycles. The first kappa shape index (κ1) is 26.8. The zero-order chi connectivity index (χ0) is 27.9. The lowest BCUT2D eigenvalue weighted by molar-refractivity contribution is 0.0104. The van der Waals surface area contributed by atoms with Crippen molar-refractivity contribution in [2.75, 3.05) is 26.4 Å². The molecule has 2 aromatic heterocycles. The lowest BCUT2D eigenvalue weighted by Crippen LogP contribution is -2.25. The standard InChI is InChI=1S/C30H26O10/c31-19(17-39-29(33)25-11-5-13-35-25)15-37-27-21-7-1-2-8-22(21)28(24-10-4-3-9-23(24)27)38-16-20(32)18-40-30(34)26-12-6-14-36-26/h1-14,19-20,31-32H,15-18H2. The van der Waals surface area contributed by atoms with Crippen LogP contribution in [-0.4, -0.2) is 60.8 Å². The molecule has 2 heterocycles. The van der Waals surface area contributed by atoms with E-state index in [1.54, 1.807) is 12.1 Å². The Balaban J connectivity index is 1.29. The first-order valence-corrected chi connectivity index (χ1v) is 12.5. The summed E-state index contributed by atoms with van der Waals surface area (Å²) in [6.07, 6.45) is 0.535. The predicted molar refractivity (Wildman–Crippen MR) is 142 cm³/mol. The minimum Gasteiger partial charge on any atom is -0.489 e. The Kier molecular flexibility index (Phi) is 8.29. The van der Waals surface area contributed by atoms with Crippen molar-refractivity contribution in [2.45, 2.75) is 12.2 Å². The van der Waals surface area contributed by atoms with Crippen molar-refractivity contribution in [2.24, 2.45) is 0 Å². The monoisotopic (exact) mass is 546 g/mol. The number of carbonyl (C=O) groups excluding carboxylic acids is 2. The zero-order valence-electron chi connectivity index (χ0n) is 21.2. The fourth-order valence-electron chi connectivity index (χ4n) is 4.09. The molecular weight excluding hydrogens is 520 g/mol. The summed E-state index contributed by atoms with van der Waals surface area (Å²) < 4.78 is 32.3. The summed E-state index contributed by atoms with van der Waals surface area (Å²) in [5.74, 6) is -0.243. The molecule has 0 saturated carbocycles. The normalized spacial score (nSPS) is 12.7. The molecule has 2 atom stereocenters. The van der Waals surface area contributed by atoms with E-state index < -0.39 is 24.1 Å². The molecule has 5 aromatic rings. The van der Waals surface area contributed by atoms with Crippen molar-refractivity contribution in [3.63, 3.8) is 0 Å². The zero-order valence-corrected chi connectivity index (χ0v) is 21.2. The third kappa shape index (κ3) is 6.09. The SMILES string of the molecule is O=C(OCC(O)COc1c2ccccc2c(OCC(O)COC(=O)c2ccco2)c2ccccc12)c1ccco1. The van der Waals surface area contributed by atoms with Crippen LogP contribution < -0.4 is 9.47 Å². The van der Waals surface area contributed by atoms with E-state index in [2.05, 4.69) is 0 Å². The van der Waals surface area contributed by atoms with Crippen LogP contribution in [0.3, 0.4) is 0 Å². The van der Waals surface area contributed by atoms with Gasteiger partial charge in [0.25, 0.3) is 0 Å². The summed E-state index contributed by atoms with van der Waals surface area (Å²) >= 11 is 0. The Morgan fingerprint density at radius 2 is 0.950 bits per heavy atom. The summed E-state index contributed by atoms with van der Waals surface area (Å²) in [7, 11) is 0. The Morgan fingerprint density at radius 3 is 1.27 bits per heavy atom. The smallest absolute Gasteiger partial charge is 0.374 e. The average molecular weight is 547 g/mol. The molecule has 10 heteroatoms. The highest BCUT2D eigenvalue weighted by Gasteiger charge is 2.20. The van der Waals surface area contributed by atoms with E-state index in [0.29, 0.717) is 11.5 Å². The molecule has 0 aliphatic rings. The highest BCUT2D eigenvalue weighted by Crippen LogP contribution is 2.42. The number of hydrogen-bond acceptors (Lipinski definition) is 10. The Labute approximate surface area is 228 Å². The topological polar surface area (TPSA) is 138 Å². The first-order valence-electron chi connectivity index (χ1n) is 12.5. The van der Waals surface area contributed by atoms with Crippen LogP contribution in [0.2, 0.25) is 0 Å². The van der Waals surface area contributed by atoms with Gasteiger partial charge in [-0.3, -0.25) is 0 Å². The van der Waals surface area contributed by atoms with Crippen molar-refractivity contribution in [1.29, 1.82) is 0 Å². The second-order valence-corrected chi connectivity index (χ2v) is 8.83. The second kappa shape index (κ2) is 12.4. The third-order valence-corrected chi connectivity index (χ3v) is 5.93. The number of aliphatic hydroxyl groups is 2. The van der Waals surface area contributed by atoms with Crippen molar-refractivity contribution in [3.05, 3.63) is 96.8 Å². The number of ether oxygens (including phenoxy) is 4. The van der Waals surface area contributed by atoms with Crippen LogP contribution in [0.4, 0.5) is 0 Å². The molecule has 0 aliphatic heterocycles. The van der Waals surface area contributed by atoms with Crippen LogP contribution in [0.15, 0.2) is 94.2 Å². The molecule has 0 fully saturated rings. The van der Waals surface area contributed by atoms with E-state index >= 15 is 0 Å². The highest BCUT2D eigenvalue weighted by atomic mass is 16.6. The van der Waals surface area contributed by atoms with Gasteiger partial charge in [-0.2, -0.15) is 0 Å². The third-order valence-electron chi connectivity index (χ3n) is 5.93. The summed E-state index contributed by atoms with van der Waals surface area (Å²) in [5, 5.41) is 23.7. The number of hydrogen-bond donors (Lipinski definition) is 2. The summed E-state index contributed by atoms with van der Waals surface area (Å²) in [5.41, 5.74) is 0. The van der Waals surface area contributed by atoms with Crippen molar-refractivity contribution in [1.82, 2.24) is 0 Å². The number of esters is 2. The molecule has 2 unspecified atom stereocenters. The number of fused-ring (bicyclic) bond motifs is 2. The van der Waals surface area contributed by atoms with Gasteiger partial charge in [-0.05, 0) is 24.3 Å². The molecule has 40 heavy (non-hydrogen) atoms. The molecule has 0 bridgehead atoms. The number of furan rings is 2. The molecule has 0 radical (unpaired) electrons. The quantitative estimate of drug-likeness (QED) is 0.171. The fourth-order valence-corrected chi connectivity index (χ4v) is 4.09. The van der Waals surface area contributed by atoms with Gasteiger partial charge in [-0.1, -0.05) is 48.5 Å². The van der Waals surface area contributed by atoms with Gasteiger partial charge < -0.3 is 38.0 Å². The Morgan fingerprint density at radius 1 is 0.575 bits per heavy atom. The van der Waals surface area contributed by atoms with Crippen LogP contribution in [0.1, 0.15) is 21.1 Å². The second-order valence-electron chi connectivity index (χ2n) is 8.83. The van der Waals surface area contributed by atoms with Crippen molar-refractivity contribution in [3.8, 4) is 11.5 Å². The van der Waals surface area contributed by atoms with Gasteiger partial charge in [0.05, 0.1) is 12.5 Å². The molecule has 3 aromatic carbocycles. The minimum atomic E-state index is -1.09. The van der Waals surface area contributed by atoms with Gasteiger partial charge in [0.15, 0.2) is 0 Å². The van der Waals surface area contributed by atoms with Gasteiger partial charge in [-0.15, -0.1) is 0 Å². The van der Waals surface area contributed by atoms with Crippen molar-refractivity contribution < 1.29 is 47.6 Å². The van der Waals surface area contributed by atoms with E-state index in [0.717, 1.165) is 21.5 Å². The maximum Gasteiger partial charge on any atom is 0.374 e. The molecular formula is C30H26O10. The van der Waals surface area contributed by atoms with Gasteiger partial charge in [0.1, 0.15) is 50.1 Å². The van der Waals surface area contributed by atoms with Crippen LogP contribution in [0.25, 0.3) is 21.5 Å². The van der Waals surface area contributed by atoms with Gasteiger partial charge in [0, 0.05) is 21.5 Å². The highest BCUT2D eigenvalue weighted by molar-refractivity contribution is 6.11. The molecule has 206 valence electrons. The Bertz CT molecular complexity index is 1400. The number of aliphatic hydroxyl groups excluding tert-OH is 2. The molecule has 5 rings (SSSR count). The van der Waals surface area contributed by atoms with E-state index in [1.807, 2.05) is 48.5 Å². The lowest BCUT2D eigenvalue weighted by Gasteiger charge is -2.20. The van der Waals surface area contributed by atoms with E-state index in [4.69, 9.17) is 27.8 Å².